The summed E-state index contributed by atoms with van der Waals surface area (Å²) in [4.78, 5) is 13.2. The number of benzene rings is 9. The van der Waals surface area contributed by atoms with Crippen LogP contribution >= 0.6 is 23.1 Å². The molecule has 5 heterocycles. The molecule has 2 bridgehead atoms. The topological polar surface area (TPSA) is 13.0 Å². The van der Waals surface area contributed by atoms with Crippen LogP contribution in [0.4, 0.5) is 62.6 Å². The van der Waals surface area contributed by atoms with Crippen molar-refractivity contribution in [3.05, 3.63) is 216 Å². The summed E-state index contributed by atoms with van der Waals surface area (Å²) in [6.07, 6.45) is 4.73. The van der Waals surface area contributed by atoms with Crippen LogP contribution in [0.2, 0.25) is 0 Å². The fourth-order valence-corrected chi connectivity index (χ4v) is 17.3. The number of rotatable bonds is 4. The van der Waals surface area contributed by atoms with Crippen molar-refractivity contribution in [1.29, 1.82) is 0 Å². The lowest BCUT2D eigenvalue weighted by Gasteiger charge is -2.51. The fraction of sp³-hybridized carbons (Fsp3) is 0.263. The summed E-state index contributed by atoms with van der Waals surface area (Å²) >= 11 is 3.88. The molecule has 1 fully saturated rings. The SMILES string of the molecule is CC(C)(C)c1ccc(N2c3cc(N4c5ccccc5C5(C)CCCCC45C)cc4c3B(c3ccc5cc3N4c3ccccc3Sc3ccccc3N5c3ccc(C(C)(C)C)cc3-c3ccccc3)c3sc4ccc(C(C)(C)C)cc4c32)cc1. The molecule has 1 saturated carbocycles. The minimum absolute atomic E-state index is 0.00379. The Labute approximate surface area is 500 Å². The van der Waals surface area contributed by atoms with Crippen molar-refractivity contribution in [1.82, 2.24) is 0 Å². The van der Waals surface area contributed by atoms with Crippen molar-refractivity contribution in [3.8, 4) is 11.1 Å². The normalized spacial score (nSPS) is 18.8. The lowest BCUT2D eigenvalue weighted by Crippen LogP contribution is -2.60. The molecule has 2 unspecified atom stereocenters. The average molecular weight is 1120 g/mol. The van der Waals surface area contributed by atoms with E-state index in [1.807, 2.05) is 23.1 Å². The number of anilines is 11. The molecule has 0 amide bonds. The van der Waals surface area contributed by atoms with Gasteiger partial charge in [-0.15, -0.1) is 11.3 Å². The van der Waals surface area contributed by atoms with Gasteiger partial charge in [0, 0.05) is 75.4 Å². The zero-order chi connectivity index (χ0) is 57.1. The van der Waals surface area contributed by atoms with Gasteiger partial charge in [-0.3, -0.25) is 0 Å². The van der Waals surface area contributed by atoms with Crippen LogP contribution in [0.5, 0.6) is 0 Å². The Hall–Kier alpha value is -7.45. The number of hydrogen-bond acceptors (Lipinski definition) is 6. The van der Waals surface area contributed by atoms with E-state index in [1.54, 1.807) is 0 Å². The number of thiophene rings is 1. The number of hydrogen-bond donors (Lipinski definition) is 0. The van der Waals surface area contributed by atoms with E-state index in [9.17, 15) is 0 Å². The second-order valence-electron chi connectivity index (χ2n) is 27.7. The van der Waals surface area contributed by atoms with Gasteiger partial charge in [0.15, 0.2) is 0 Å². The summed E-state index contributed by atoms with van der Waals surface area (Å²) in [5, 5.41) is 1.32. The third kappa shape index (κ3) is 7.92. The summed E-state index contributed by atoms with van der Waals surface area (Å²) in [5.74, 6) is 0. The summed E-state index contributed by atoms with van der Waals surface area (Å²) < 4.78 is 2.71. The molecule has 0 radical (unpaired) electrons. The van der Waals surface area contributed by atoms with Gasteiger partial charge in [-0.1, -0.05) is 197 Å². The van der Waals surface area contributed by atoms with E-state index in [0.717, 1.165) is 23.5 Å². The predicted molar refractivity (Wildman–Crippen MR) is 359 cm³/mol. The van der Waals surface area contributed by atoms with E-state index in [0.29, 0.717) is 0 Å². The standard InChI is InChI=1S/C76H73BN4S2/c1-72(2,3)49-31-35-52(36-32-49)79-64-46-54(81-60-26-16-15-25-57(60)75(10)41-21-22-42-76(75,81)11)47-65-69(64)77(71-70(79)56-44-51(74(7,8)9)34-40-66(56)83-71)58-38-37-53-45-63(58)80(65)62-28-18-20-30-68(62)82-67-29-19-17-27-61(67)78(53)59-39-33-50(73(4,5)6)43-55(59)48-23-13-12-14-24-48/h12-20,23-40,43-47H,21-22,41-42H2,1-11H3. The van der Waals surface area contributed by atoms with Gasteiger partial charge < -0.3 is 19.6 Å². The highest BCUT2D eigenvalue weighted by atomic mass is 32.2. The van der Waals surface area contributed by atoms with E-state index in [-0.39, 0.29) is 33.9 Å². The molecule has 1 aromatic heterocycles. The Morgan fingerprint density at radius 3 is 1.71 bits per heavy atom. The Kier molecular flexibility index (Phi) is 11.7. The van der Waals surface area contributed by atoms with Crippen LogP contribution in [-0.4, -0.2) is 12.3 Å². The van der Waals surface area contributed by atoms with Crippen molar-refractivity contribution < 1.29 is 0 Å². The Morgan fingerprint density at radius 1 is 0.446 bits per heavy atom. The first-order valence-corrected chi connectivity index (χ1v) is 31.8. The number of para-hydroxylation sites is 3. The second-order valence-corrected chi connectivity index (χ2v) is 29.9. The Morgan fingerprint density at radius 2 is 1.01 bits per heavy atom. The molecule has 10 aromatic rings. The molecule has 7 heteroatoms. The first-order chi connectivity index (χ1) is 39.8. The van der Waals surface area contributed by atoms with Gasteiger partial charge >= 0.3 is 0 Å². The molecule has 1 aliphatic carbocycles. The maximum atomic E-state index is 2.81. The van der Waals surface area contributed by atoms with Crippen molar-refractivity contribution >= 4 is 118 Å². The summed E-state index contributed by atoms with van der Waals surface area (Å²) in [7, 11) is 0. The van der Waals surface area contributed by atoms with Crippen LogP contribution in [0.1, 0.15) is 124 Å². The highest BCUT2D eigenvalue weighted by molar-refractivity contribution is 7.99. The lowest BCUT2D eigenvalue weighted by atomic mass is 9.36. The summed E-state index contributed by atoms with van der Waals surface area (Å²) in [6.45, 7) is 26.1. The van der Waals surface area contributed by atoms with Crippen LogP contribution in [0.15, 0.2) is 204 Å². The summed E-state index contributed by atoms with van der Waals surface area (Å²) in [6, 6.07) is 75.6. The van der Waals surface area contributed by atoms with E-state index in [4.69, 9.17) is 0 Å². The number of fused-ring (bicyclic) bond motifs is 13. The maximum Gasteiger partial charge on any atom is 0.264 e. The zero-order valence-electron chi connectivity index (χ0n) is 50.0. The predicted octanol–water partition coefficient (Wildman–Crippen LogP) is 20.2. The maximum absolute atomic E-state index is 2.81. The first kappa shape index (κ1) is 52.4. The minimum atomic E-state index is -0.159. The first-order valence-electron chi connectivity index (χ1n) is 30.2. The molecule has 15 rings (SSSR count). The van der Waals surface area contributed by atoms with E-state index >= 15 is 0 Å². The largest absolute Gasteiger partial charge is 0.334 e. The Balaban J connectivity index is 1.07. The molecule has 4 nitrogen and oxygen atoms in total. The van der Waals surface area contributed by atoms with Gasteiger partial charge in [0.2, 0.25) is 0 Å². The number of nitrogens with zero attached hydrogens (tertiary/aromatic N) is 4. The van der Waals surface area contributed by atoms with Gasteiger partial charge in [0.25, 0.3) is 6.71 Å². The van der Waals surface area contributed by atoms with Gasteiger partial charge in [-0.2, -0.15) is 0 Å². The monoisotopic (exact) mass is 1120 g/mol. The molecule has 0 spiro atoms. The van der Waals surface area contributed by atoms with Crippen LogP contribution in [0.25, 0.3) is 21.2 Å². The molecule has 412 valence electrons. The van der Waals surface area contributed by atoms with E-state index in [2.05, 4.69) is 290 Å². The quantitative estimate of drug-likeness (QED) is 0.162. The van der Waals surface area contributed by atoms with Gasteiger partial charge in [-0.25, -0.2) is 0 Å². The molecule has 4 aliphatic heterocycles. The van der Waals surface area contributed by atoms with Gasteiger partial charge in [-0.05, 0) is 166 Å². The van der Waals surface area contributed by atoms with Gasteiger partial charge in [0.1, 0.15) is 0 Å². The molecule has 2 atom stereocenters. The highest BCUT2D eigenvalue weighted by Gasteiger charge is 2.58. The van der Waals surface area contributed by atoms with Gasteiger partial charge in [0.05, 0.1) is 28.3 Å². The molecule has 5 aliphatic rings. The van der Waals surface area contributed by atoms with Crippen LogP contribution in [-0.2, 0) is 21.7 Å². The van der Waals surface area contributed by atoms with E-state index < -0.39 is 0 Å². The second kappa shape index (κ2) is 18.5. The summed E-state index contributed by atoms with van der Waals surface area (Å²) in [5.41, 5.74) is 23.7. The molecule has 83 heavy (non-hydrogen) atoms. The minimum Gasteiger partial charge on any atom is -0.334 e. The third-order valence-electron chi connectivity index (χ3n) is 19.6. The van der Waals surface area contributed by atoms with Crippen LogP contribution < -0.4 is 35.3 Å². The van der Waals surface area contributed by atoms with Crippen LogP contribution in [0.3, 0.4) is 0 Å². The van der Waals surface area contributed by atoms with Crippen molar-refractivity contribution in [2.75, 3.05) is 19.6 Å². The van der Waals surface area contributed by atoms with Crippen LogP contribution in [0, 0.1) is 0 Å². The fourth-order valence-electron chi connectivity index (χ4n) is 15.0. The average Bonchev–Trinajstić information content (AvgIpc) is 1.79. The van der Waals surface area contributed by atoms with E-state index in [1.165, 1.54) is 134 Å². The Bertz CT molecular complexity index is 4270. The molecule has 9 aromatic carbocycles. The lowest BCUT2D eigenvalue weighted by molar-refractivity contribution is 0.195. The highest BCUT2D eigenvalue weighted by Crippen LogP contribution is 2.63. The third-order valence-corrected chi connectivity index (χ3v) is 22.0. The van der Waals surface area contributed by atoms with Crippen molar-refractivity contribution in [3.63, 3.8) is 0 Å². The smallest absolute Gasteiger partial charge is 0.264 e. The van der Waals surface area contributed by atoms with Crippen molar-refractivity contribution in [2.24, 2.45) is 0 Å². The molecular weight excluding hydrogens is 1040 g/mol. The molecule has 0 saturated heterocycles. The zero-order valence-corrected chi connectivity index (χ0v) is 51.6. The molecule has 0 N–H and O–H groups in total. The molecular formula is C76H73BN4S2. The van der Waals surface area contributed by atoms with Crippen molar-refractivity contribution in [2.45, 2.75) is 139 Å².